The topological polar surface area (TPSA) is 81.9 Å². The molecule has 2 aliphatic rings. The van der Waals surface area contributed by atoms with Crippen LogP contribution in [0, 0.1) is 0 Å². The summed E-state index contributed by atoms with van der Waals surface area (Å²) in [6.45, 7) is 3.31. The van der Waals surface area contributed by atoms with Gasteiger partial charge < -0.3 is 10.1 Å². The normalized spacial score (nSPS) is 20.1. The predicted molar refractivity (Wildman–Crippen MR) is 99.2 cm³/mol. The molecule has 26 heavy (non-hydrogen) atoms. The Hall–Kier alpha value is -1.93. The summed E-state index contributed by atoms with van der Waals surface area (Å²) in [5.41, 5.74) is 3.62. The summed E-state index contributed by atoms with van der Waals surface area (Å²) in [7, 11) is 0. The molecule has 0 bridgehead atoms. The van der Waals surface area contributed by atoms with Crippen LogP contribution in [-0.2, 0) is 28.9 Å². The number of carbonyl (C=O) groups is 1. The molecule has 0 spiro atoms. The van der Waals surface area contributed by atoms with E-state index < -0.39 is 0 Å². The van der Waals surface area contributed by atoms with Crippen molar-refractivity contribution in [2.45, 2.75) is 62.1 Å². The van der Waals surface area contributed by atoms with E-state index in [0.29, 0.717) is 11.7 Å². The van der Waals surface area contributed by atoms with Gasteiger partial charge in [0, 0.05) is 12.3 Å². The second kappa shape index (κ2) is 7.75. The lowest BCUT2D eigenvalue weighted by molar-refractivity contribution is -0.115. The van der Waals surface area contributed by atoms with E-state index in [1.54, 1.807) is 4.68 Å². The molecule has 4 rings (SSSR count). The van der Waals surface area contributed by atoms with Crippen LogP contribution in [0.5, 0.6) is 0 Å². The molecule has 0 saturated carbocycles. The number of ether oxygens (including phenoxy) is 1. The zero-order valence-electron chi connectivity index (χ0n) is 14.9. The first-order chi connectivity index (χ1) is 12.7. The van der Waals surface area contributed by atoms with Gasteiger partial charge in [-0.05, 0) is 72.7 Å². The number of aromatic nitrogens is 4. The molecule has 1 fully saturated rings. The number of hydrogen-bond donors (Lipinski definition) is 1. The summed E-state index contributed by atoms with van der Waals surface area (Å²) in [6.07, 6.45) is 5.71. The maximum absolute atomic E-state index is 12.6. The van der Waals surface area contributed by atoms with E-state index >= 15 is 0 Å². The van der Waals surface area contributed by atoms with E-state index in [0.717, 1.165) is 38.0 Å². The third-order valence-corrected chi connectivity index (χ3v) is 5.99. The molecule has 2 heterocycles. The van der Waals surface area contributed by atoms with E-state index in [1.165, 1.54) is 29.3 Å². The highest BCUT2D eigenvalue weighted by molar-refractivity contribution is 8.00. The molecule has 1 saturated heterocycles. The van der Waals surface area contributed by atoms with Crippen molar-refractivity contribution in [1.29, 1.82) is 0 Å². The molecule has 138 valence electrons. The SMILES string of the molecule is C[C@H](Sc1nnnn1C[C@H]1CCCO1)C(=O)Nc1ccc2c(c1)CCC2. The Labute approximate surface area is 156 Å². The first-order valence-electron chi connectivity index (χ1n) is 9.16. The van der Waals surface area contributed by atoms with E-state index in [1.807, 2.05) is 13.0 Å². The number of hydrogen-bond acceptors (Lipinski definition) is 6. The van der Waals surface area contributed by atoms with Gasteiger partial charge in [0.15, 0.2) is 0 Å². The van der Waals surface area contributed by atoms with Gasteiger partial charge in [-0.25, -0.2) is 4.68 Å². The fraction of sp³-hybridized carbons (Fsp3) is 0.556. The van der Waals surface area contributed by atoms with Crippen LogP contribution in [0.3, 0.4) is 0 Å². The van der Waals surface area contributed by atoms with Crippen LogP contribution in [0.4, 0.5) is 5.69 Å². The highest BCUT2D eigenvalue weighted by atomic mass is 32.2. The Balaban J connectivity index is 1.36. The minimum absolute atomic E-state index is 0.0420. The summed E-state index contributed by atoms with van der Waals surface area (Å²) in [4.78, 5) is 12.6. The third-order valence-electron chi connectivity index (χ3n) is 4.92. The monoisotopic (exact) mass is 373 g/mol. The van der Waals surface area contributed by atoms with Gasteiger partial charge in [-0.3, -0.25) is 4.79 Å². The number of fused-ring (bicyclic) bond motifs is 1. The van der Waals surface area contributed by atoms with Gasteiger partial charge in [-0.2, -0.15) is 0 Å². The number of anilines is 1. The Morgan fingerprint density at radius 2 is 2.27 bits per heavy atom. The molecule has 1 aliphatic carbocycles. The fourth-order valence-electron chi connectivity index (χ4n) is 3.48. The lowest BCUT2D eigenvalue weighted by Crippen LogP contribution is -2.23. The maximum atomic E-state index is 12.6. The molecular weight excluding hydrogens is 350 g/mol. The lowest BCUT2D eigenvalue weighted by Gasteiger charge is -2.14. The Morgan fingerprint density at radius 1 is 1.38 bits per heavy atom. The largest absolute Gasteiger partial charge is 0.376 e. The van der Waals surface area contributed by atoms with Crippen LogP contribution in [-0.4, -0.2) is 44.1 Å². The summed E-state index contributed by atoms with van der Waals surface area (Å²) in [6, 6.07) is 6.21. The van der Waals surface area contributed by atoms with Gasteiger partial charge in [0.1, 0.15) is 0 Å². The summed E-state index contributed by atoms with van der Waals surface area (Å²) < 4.78 is 7.38. The van der Waals surface area contributed by atoms with Crippen LogP contribution in [0.25, 0.3) is 0 Å². The summed E-state index contributed by atoms with van der Waals surface area (Å²) in [5.74, 6) is -0.0420. The number of rotatable bonds is 6. The van der Waals surface area contributed by atoms with Gasteiger partial charge in [-0.1, -0.05) is 17.8 Å². The van der Waals surface area contributed by atoms with Crippen molar-refractivity contribution in [1.82, 2.24) is 20.2 Å². The first-order valence-corrected chi connectivity index (χ1v) is 10.0. The smallest absolute Gasteiger partial charge is 0.237 e. The highest BCUT2D eigenvalue weighted by Crippen LogP contribution is 2.26. The van der Waals surface area contributed by atoms with E-state index in [-0.39, 0.29) is 17.3 Å². The van der Waals surface area contributed by atoms with Crippen molar-refractivity contribution >= 4 is 23.4 Å². The predicted octanol–water partition coefficient (Wildman–Crippen LogP) is 2.46. The average Bonchev–Trinajstić information content (AvgIpc) is 3.37. The molecule has 1 aromatic carbocycles. The number of amides is 1. The van der Waals surface area contributed by atoms with Crippen molar-refractivity contribution in [3.05, 3.63) is 29.3 Å². The minimum atomic E-state index is -0.294. The zero-order chi connectivity index (χ0) is 17.9. The van der Waals surface area contributed by atoms with Gasteiger partial charge >= 0.3 is 0 Å². The van der Waals surface area contributed by atoms with Gasteiger partial charge in [0.25, 0.3) is 0 Å². The molecule has 7 nitrogen and oxygen atoms in total. The van der Waals surface area contributed by atoms with E-state index in [2.05, 4.69) is 33.0 Å². The molecular formula is C18H23N5O2S. The quantitative estimate of drug-likeness (QED) is 0.784. The average molecular weight is 373 g/mol. The van der Waals surface area contributed by atoms with E-state index in [9.17, 15) is 4.79 Å². The Kier molecular flexibility index (Phi) is 5.21. The van der Waals surface area contributed by atoms with E-state index in [4.69, 9.17) is 4.74 Å². The standard InChI is InChI=1S/C18H23N5O2S/c1-12(17(24)19-15-8-7-13-4-2-5-14(13)10-15)26-18-20-21-22-23(18)11-16-6-3-9-25-16/h7-8,10,12,16H,2-6,9,11H2,1H3,(H,19,24)/t12-,16+/m0/s1. The fourth-order valence-corrected chi connectivity index (χ4v) is 4.28. The molecule has 1 amide bonds. The van der Waals surface area contributed by atoms with Crippen molar-refractivity contribution in [2.24, 2.45) is 0 Å². The molecule has 8 heteroatoms. The number of tetrazole rings is 1. The molecule has 2 atom stereocenters. The van der Waals surface area contributed by atoms with Crippen molar-refractivity contribution < 1.29 is 9.53 Å². The number of aryl methyl sites for hydroxylation is 2. The molecule has 0 unspecified atom stereocenters. The van der Waals surface area contributed by atoms with Crippen molar-refractivity contribution in [2.75, 3.05) is 11.9 Å². The lowest BCUT2D eigenvalue weighted by atomic mass is 10.1. The summed E-state index contributed by atoms with van der Waals surface area (Å²) >= 11 is 1.37. The molecule has 2 aromatic rings. The van der Waals surface area contributed by atoms with Crippen molar-refractivity contribution in [3.63, 3.8) is 0 Å². The second-order valence-electron chi connectivity index (χ2n) is 6.86. The number of thioether (sulfide) groups is 1. The van der Waals surface area contributed by atoms with Crippen LogP contribution in [0.1, 0.15) is 37.3 Å². The molecule has 1 N–H and O–H groups in total. The minimum Gasteiger partial charge on any atom is -0.376 e. The number of carbonyl (C=O) groups excluding carboxylic acids is 1. The van der Waals surface area contributed by atoms with Crippen LogP contribution >= 0.6 is 11.8 Å². The number of nitrogens with zero attached hydrogens (tertiary/aromatic N) is 4. The van der Waals surface area contributed by atoms with Crippen LogP contribution in [0.15, 0.2) is 23.4 Å². The number of benzene rings is 1. The van der Waals surface area contributed by atoms with Gasteiger partial charge in [0.05, 0.1) is 17.9 Å². The second-order valence-corrected chi connectivity index (χ2v) is 8.17. The highest BCUT2D eigenvalue weighted by Gasteiger charge is 2.22. The Morgan fingerprint density at radius 3 is 3.12 bits per heavy atom. The van der Waals surface area contributed by atoms with Crippen LogP contribution in [0.2, 0.25) is 0 Å². The summed E-state index contributed by atoms with van der Waals surface area (Å²) in [5, 5.41) is 15.2. The van der Waals surface area contributed by atoms with Gasteiger partial charge in [0.2, 0.25) is 11.1 Å². The Bertz CT molecular complexity index is 788. The molecule has 1 aromatic heterocycles. The van der Waals surface area contributed by atoms with Crippen LogP contribution < -0.4 is 5.32 Å². The molecule has 1 aliphatic heterocycles. The molecule has 0 radical (unpaired) electrons. The number of nitrogens with one attached hydrogen (secondary N) is 1. The van der Waals surface area contributed by atoms with Gasteiger partial charge in [-0.15, -0.1) is 5.10 Å². The zero-order valence-corrected chi connectivity index (χ0v) is 15.7. The first kappa shape index (κ1) is 17.5. The maximum Gasteiger partial charge on any atom is 0.237 e. The third kappa shape index (κ3) is 3.91. The van der Waals surface area contributed by atoms with Crippen molar-refractivity contribution in [3.8, 4) is 0 Å².